The lowest BCUT2D eigenvalue weighted by atomic mass is 9.70. The van der Waals surface area contributed by atoms with E-state index in [1.165, 1.54) is 11.3 Å². The molecule has 2 aromatic rings. The molecule has 0 fully saturated rings. The van der Waals surface area contributed by atoms with Crippen molar-refractivity contribution < 1.29 is 14.3 Å². The Morgan fingerprint density at radius 2 is 1.97 bits per heavy atom. The average molecular weight is 467 g/mol. The number of amides is 1. The van der Waals surface area contributed by atoms with Crippen LogP contribution in [0.3, 0.4) is 0 Å². The van der Waals surface area contributed by atoms with E-state index in [1.807, 2.05) is 30.3 Å². The van der Waals surface area contributed by atoms with Crippen LogP contribution in [0.15, 0.2) is 30.3 Å². The third kappa shape index (κ3) is 5.83. The van der Waals surface area contributed by atoms with Crippen molar-refractivity contribution in [1.29, 1.82) is 5.26 Å². The number of carbonyl (C=O) groups is 2. The number of rotatable bonds is 7. The van der Waals surface area contributed by atoms with Crippen LogP contribution in [0.1, 0.15) is 80.2 Å². The Kier molecular flexibility index (Phi) is 7.64. The molecule has 1 aromatic heterocycles. The molecule has 0 spiro atoms. The third-order valence-electron chi connectivity index (χ3n) is 6.12. The van der Waals surface area contributed by atoms with E-state index in [1.54, 1.807) is 6.92 Å². The highest BCUT2D eigenvalue weighted by molar-refractivity contribution is 7.17. The van der Waals surface area contributed by atoms with Crippen LogP contribution in [0, 0.1) is 22.7 Å². The molecule has 1 amide bonds. The van der Waals surface area contributed by atoms with Crippen molar-refractivity contribution in [3.05, 3.63) is 51.9 Å². The van der Waals surface area contributed by atoms with Crippen LogP contribution in [-0.2, 0) is 27.8 Å². The lowest BCUT2D eigenvalue weighted by Crippen LogP contribution is -2.31. The molecule has 0 unspecified atom stereocenters. The third-order valence-corrected chi connectivity index (χ3v) is 7.27. The highest BCUT2D eigenvalue weighted by Gasteiger charge is 2.40. The average Bonchev–Trinajstić information content (AvgIpc) is 3.09. The van der Waals surface area contributed by atoms with Crippen LogP contribution >= 0.6 is 11.3 Å². The minimum absolute atomic E-state index is 0.0921. The SMILES string of the molecule is CCOC(=O)c1c(NC(=O)C[C@@H](C)CC(C)(C)C)sc2c1CC[C@@](C#N)(c1ccccc1)C2. The number of nitrogens with zero attached hydrogens (tertiary/aromatic N) is 1. The quantitative estimate of drug-likeness (QED) is 0.487. The fraction of sp³-hybridized carbons (Fsp3) is 0.519. The van der Waals surface area contributed by atoms with Crippen molar-refractivity contribution in [2.45, 2.75) is 72.1 Å². The van der Waals surface area contributed by atoms with E-state index in [0.717, 1.165) is 22.4 Å². The summed E-state index contributed by atoms with van der Waals surface area (Å²) in [4.78, 5) is 26.7. The molecule has 0 bridgehead atoms. The Labute approximate surface area is 201 Å². The molecule has 1 aliphatic rings. The van der Waals surface area contributed by atoms with Crippen molar-refractivity contribution in [2.75, 3.05) is 11.9 Å². The maximum absolute atomic E-state index is 12.9. The van der Waals surface area contributed by atoms with Crippen LogP contribution in [0.25, 0.3) is 0 Å². The lowest BCUT2D eigenvalue weighted by molar-refractivity contribution is -0.117. The van der Waals surface area contributed by atoms with Gasteiger partial charge in [0.25, 0.3) is 0 Å². The number of thiophene rings is 1. The van der Waals surface area contributed by atoms with Gasteiger partial charge in [0.15, 0.2) is 0 Å². The maximum atomic E-state index is 12.9. The molecule has 6 heteroatoms. The number of hydrogen-bond donors (Lipinski definition) is 1. The van der Waals surface area contributed by atoms with Crippen molar-refractivity contribution in [3.8, 4) is 6.07 Å². The molecule has 176 valence electrons. The molecule has 0 saturated carbocycles. The summed E-state index contributed by atoms with van der Waals surface area (Å²) >= 11 is 1.41. The largest absolute Gasteiger partial charge is 0.462 e. The molecule has 1 aliphatic carbocycles. The second-order valence-corrected chi connectivity index (χ2v) is 11.4. The zero-order valence-corrected chi connectivity index (χ0v) is 21.1. The Hall–Kier alpha value is -2.65. The molecule has 0 radical (unpaired) electrons. The summed E-state index contributed by atoms with van der Waals surface area (Å²) in [6, 6.07) is 12.4. The van der Waals surface area contributed by atoms with Gasteiger partial charge in [0.1, 0.15) is 5.00 Å². The molecule has 0 saturated heterocycles. The number of nitrogens with one attached hydrogen (secondary N) is 1. The van der Waals surface area contributed by atoms with Crippen molar-refractivity contribution in [3.63, 3.8) is 0 Å². The predicted octanol–water partition coefficient (Wildman–Crippen LogP) is 6.28. The Morgan fingerprint density at radius 3 is 2.58 bits per heavy atom. The van der Waals surface area contributed by atoms with Gasteiger partial charge in [0.05, 0.1) is 23.7 Å². The summed E-state index contributed by atoms with van der Waals surface area (Å²) in [6.07, 6.45) is 3.08. The highest BCUT2D eigenvalue weighted by Crippen LogP contribution is 2.45. The number of hydrogen-bond acceptors (Lipinski definition) is 5. The summed E-state index contributed by atoms with van der Waals surface area (Å²) in [5.74, 6) is -0.266. The molecule has 1 N–H and O–H groups in total. The number of nitriles is 1. The van der Waals surface area contributed by atoms with Gasteiger partial charge in [-0.2, -0.15) is 5.26 Å². The summed E-state index contributed by atoms with van der Waals surface area (Å²) in [5.41, 5.74) is 1.89. The van der Waals surface area contributed by atoms with E-state index in [9.17, 15) is 14.9 Å². The summed E-state index contributed by atoms with van der Waals surface area (Å²) in [5, 5.41) is 13.7. The van der Waals surface area contributed by atoms with Gasteiger partial charge < -0.3 is 10.1 Å². The van der Waals surface area contributed by atoms with E-state index in [2.05, 4.69) is 39.1 Å². The van der Waals surface area contributed by atoms with Gasteiger partial charge in [-0.3, -0.25) is 4.79 Å². The van der Waals surface area contributed by atoms with E-state index < -0.39 is 11.4 Å². The topological polar surface area (TPSA) is 79.2 Å². The molecule has 1 heterocycles. The number of ether oxygens (including phenoxy) is 1. The number of fused-ring (bicyclic) bond motifs is 1. The number of benzene rings is 1. The van der Waals surface area contributed by atoms with E-state index in [-0.39, 0.29) is 23.8 Å². The number of esters is 1. The van der Waals surface area contributed by atoms with Crippen molar-refractivity contribution in [2.24, 2.45) is 11.3 Å². The first-order chi connectivity index (χ1) is 15.6. The van der Waals surface area contributed by atoms with E-state index in [0.29, 0.717) is 36.2 Å². The van der Waals surface area contributed by atoms with Gasteiger partial charge in [-0.25, -0.2) is 4.79 Å². The van der Waals surface area contributed by atoms with Gasteiger partial charge in [-0.05, 0) is 48.6 Å². The second-order valence-electron chi connectivity index (χ2n) is 10.3. The molecular formula is C27H34N2O3S. The van der Waals surface area contributed by atoms with Crippen LogP contribution in [0.4, 0.5) is 5.00 Å². The molecule has 33 heavy (non-hydrogen) atoms. The fourth-order valence-corrected chi connectivity index (χ4v) is 6.27. The van der Waals surface area contributed by atoms with Crippen molar-refractivity contribution >= 4 is 28.2 Å². The first-order valence-electron chi connectivity index (χ1n) is 11.7. The molecular weight excluding hydrogens is 432 g/mol. The molecule has 3 rings (SSSR count). The van der Waals surface area contributed by atoms with Crippen LogP contribution in [0.5, 0.6) is 0 Å². The van der Waals surface area contributed by atoms with Crippen LogP contribution < -0.4 is 5.32 Å². The first-order valence-corrected chi connectivity index (χ1v) is 12.5. The Morgan fingerprint density at radius 1 is 1.27 bits per heavy atom. The fourth-order valence-electron chi connectivity index (χ4n) is 4.90. The lowest BCUT2D eigenvalue weighted by Gasteiger charge is -2.31. The smallest absolute Gasteiger partial charge is 0.341 e. The van der Waals surface area contributed by atoms with Crippen molar-refractivity contribution in [1.82, 2.24) is 0 Å². The zero-order valence-electron chi connectivity index (χ0n) is 20.3. The van der Waals surface area contributed by atoms with Gasteiger partial charge in [-0.15, -0.1) is 11.3 Å². The van der Waals surface area contributed by atoms with Gasteiger partial charge >= 0.3 is 5.97 Å². The first kappa shape index (κ1) is 25.0. The van der Waals surface area contributed by atoms with Crippen LogP contribution in [0.2, 0.25) is 0 Å². The Bertz CT molecular complexity index is 1050. The zero-order chi connectivity index (χ0) is 24.2. The molecule has 2 atom stereocenters. The van der Waals surface area contributed by atoms with E-state index >= 15 is 0 Å². The monoisotopic (exact) mass is 466 g/mol. The Balaban J connectivity index is 1.90. The minimum atomic E-state index is -0.631. The number of anilines is 1. The summed E-state index contributed by atoms with van der Waals surface area (Å²) in [6.45, 7) is 10.6. The highest BCUT2D eigenvalue weighted by atomic mass is 32.1. The second kappa shape index (κ2) is 10.1. The van der Waals surface area contributed by atoms with Gasteiger partial charge in [0, 0.05) is 17.7 Å². The van der Waals surface area contributed by atoms with Gasteiger partial charge in [0.2, 0.25) is 5.91 Å². The predicted molar refractivity (Wildman–Crippen MR) is 133 cm³/mol. The minimum Gasteiger partial charge on any atom is -0.462 e. The van der Waals surface area contributed by atoms with Gasteiger partial charge in [-0.1, -0.05) is 58.0 Å². The molecule has 5 nitrogen and oxygen atoms in total. The summed E-state index contributed by atoms with van der Waals surface area (Å²) < 4.78 is 5.34. The molecule has 1 aromatic carbocycles. The number of carbonyl (C=O) groups excluding carboxylic acids is 2. The normalized spacial score (nSPS) is 18.7. The molecule has 0 aliphatic heterocycles. The standard InChI is InChI=1S/C27H34N2O3S/c1-6-32-25(31)23-20-12-13-27(17-28,19-10-8-7-9-11-19)16-21(20)33-24(23)29-22(30)14-18(2)15-26(3,4)5/h7-11,18H,6,12-16H2,1-5H3,(H,29,30)/t18-,27-/m1/s1. The maximum Gasteiger partial charge on any atom is 0.341 e. The summed E-state index contributed by atoms with van der Waals surface area (Å²) in [7, 11) is 0. The van der Waals surface area contributed by atoms with E-state index in [4.69, 9.17) is 4.74 Å². The van der Waals surface area contributed by atoms with Crippen LogP contribution in [-0.4, -0.2) is 18.5 Å².